The van der Waals surface area contributed by atoms with Crippen molar-refractivity contribution in [1.82, 2.24) is 0 Å². The average Bonchev–Trinajstić information content (AvgIpc) is 1.97. The van der Waals surface area contributed by atoms with E-state index in [4.69, 9.17) is 16.7 Å². The zero-order chi connectivity index (χ0) is 8.69. The molecule has 0 aliphatic rings. The van der Waals surface area contributed by atoms with Crippen LogP contribution in [0.2, 0.25) is 0 Å². The molecule has 0 aromatic heterocycles. The normalized spacial score (nSPS) is 7.27. The number of rotatable bonds is 0. The summed E-state index contributed by atoms with van der Waals surface area (Å²) in [6.45, 7) is 1.43. The third kappa shape index (κ3) is 4.79. The predicted molar refractivity (Wildman–Crippen MR) is 46.6 cm³/mol. The molecule has 0 fully saturated rings. The Balaban J connectivity index is 0.000000292. The Morgan fingerprint density at radius 2 is 1.27 bits per heavy atom. The van der Waals surface area contributed by atoms with Gasteiger partial charge in [0.1, 0.15) is 0 Å². The Kier molecular flexibility index (Phi) is 4.34. The summed E-state index contributed by atoms with van der Waals surface area (Å²) in [5.74, 6) is 0. The lowest BCUT2D eigenvalue weighted by atomic mass is 10.3. The third-order valence-electron chi connectivity index (χ3n) is 0.936. The van der Waals surface area contributed by atoms with Crippen LogP contribution in [-0.2, 0) is 0 Å². The number of nitrogens with zero attached hydrogens (tertiary/aromatic N) is 1. The molecule has 0 spiro atoms. The van der Waals surface area contributed by atoms with Gasteiger partial charge in [-0.3, -0.25) is 0 Å². The first-order valence-corrected chi connectivity index (χ1v) is 3.12. The van der Waals surface area contributed by atoms with Gasteiger partial charge in [0.25, 0.3) is 0 Å². The molecule has 0 saturated carbocycles. The van der Waals surface area contributed by atoms with Gasteiger partial charge in [-0.2, -0.15) is 5.26 Å². The molecule has 3 nitrogen and oxygen atoms in total. The van der Waals surface area contributed by atoms with Gasteiger partial charge < -0.3 is 11.5 Å². The number of hydrogen-bond acceptors (Lipinski definition) is 3. The summed E-state index contributed by atoms with van der Waals surface area (Å²) in [4.78, 5) is 0. The summed E-state index contributed by atoms with van der Waals surface area (Å²) in [5.41, 5.74) is 12.2. The van der Waals surface area contributed by atoms with Gasteiger partial charge in [0.05, 0.1) is 6.07 Å². The smallest absolute Gasteiger partial charge is 0.0587 e. The van der Waals surface area contributed by atoms with Crippen LogP contribution in [0.15, 0.2) is 24.3 Å². The summed E-state index contributed by atoms with van der Waals surface area (Å²) in [7, 11) is 0. The molecule has 0 radical (unpaired) electrons. The Labute approximate surface area is 66.2 Å². The van der Waals surface area contributed by atoms with Crippen LogP contribution in [0.3, 0.4) is 0 Å². The van der Waals surface area contributed by atoms with Crippen molar-refractivity contribution < 1.29 is 0 Å². The van der Waals surface area contributed by atoms with E-state index in [1.54, 1.807) is 30.3 Å². The van der Waals surface area contributed by atoms with E-state index in [-0.39, 0.29) is 0 Å². The van der Waals surface area contributed by atoms with E-state index in [0.717, 1.165) is 11.4 Å². The van der Waals surface area contributed by atoms with Gasteiger partial charge in [0, 0.05) is 18.3 Å². The van der Waals surface area contributed by atoms with Gasteiger partial charge >= 0.3 is 0 Å². The topological polar surface area (TPSA) is 75.8 Å². The molecule has 0 bridgehead atoms. The maximum atomic E-state index is 7.32. The van der Waals surface area contributed by atoms with Crippen molar-refractivity contribution in [2.75, 3.05) is 11.5 Å². The van der Waals surface area contributed by atoms with Crippen molar-refractivity contribution in [2.45, 2.75) is 6.92 Å². The molecule has 0 amide bonds. The fourth-order valence-corrected chi connectivity index (χ4v) is 0.496. The highest BCUT2D eigenvalue weighted by Gasteiger charge is 1.80. The minimum absolute atomic E-state index is 0.749. The highest BCUT2D eigenvalue weighted by atomic mass is 14.6. The van der Waals surface area contributed by atoms with E-state index in [9.17, 15) is 0 Å². The monoisotopic (exact) mass is 149 g/mol. The molecule has 0 aliphatic carbocycles. The van der Waals surface area contributed by atoms with E-state index in [0.29, 0.717) is 0 Å². The number of benzene rings is 1. The van der Waals surface area contributed by atoms with Gasteiger partial charge in [0.15, 0.2) is 0 Å². The molecule has 0 atom stereocenters. The summed E-state index contributed by atoms with van der Waals surface area (Å²) >= 11 is 0. The van der Waals surface area contributed by atoms with Gasteiger partial charge in [-0.1, -0.05) is 0 Å². The zero-order valence-electron chi connectivity index (χ0n) is 6.41. The van der Waals surface area contributed by atoms with Crippen LogP contribution < -0.4 is 11.5 Å². The summed E-state index contributed by atoms with van der Waals surface area (Å²) < 4.78 is 0. The second-order valence-corrected chi connectivity index (χ2v) is 1.89. The van der Waals surface area contributed by atoms with E-state index >= 15 is 0 Å². The van der Waals surface area contributed by atoms with Crippen LogP contribution in [-0.4, -0.2) is 0 Å². The maximum absolute atomic E-state index is 7.32. The molecule has 4 N–H and O–H groups in total. The quantitative estimate of drug-likeness (QED) is 0.547. The van der Waals surface area contributed by atoms with Crippen molar-refractivity contribution in [3.8, 4) is 6.07 Å². The van der Waals surface area contributed by atoms with Crippen molar-refractivity contribution in [3.63, 3.8) is 0 Å². The molecular weight excluding hydrogens is 138 g/mol. The zero-order valence-corrected chi connectivity index (χ0v) is 6.41. The van der Waals surface area contributed by atoms with E-state index < -0.39 is 0 Å². The van der Waals surface area contributed by atoms with Crippen molar-refractivity contribution in [2.24, 2.45) is 0 Å². The summed E-state index contributed by atoms with van der Waals surface area (Å²) in [6.07, 6.45) is 0. The molecule has 0 heterocycles. The lowest BCUT2D eigenvalue weighted by molar-refractivity contribution is 1.49. The Morgan fingerprint density at radius 3 is 1.45 bits per heavy atom. The first-order valence-electron chi connectivity index (χ1n) is 3.12. The number of anilines is 2. The summed E-state index contributed by atoms with van der Waals surface area (Å²) in [5, 5.41) is 7.32. The standard InChI is InChI=1S/C6H8N2.C2H3N/c7-5-1-2-6(8)4-3-5;1-2-3/h1-4H,7-8H2;1H3. The molecule has 0 unspecified atom stereocenters. The number of nitriles is 1. The largest absolute Gasteiger partial charge is 0.399 e. The highest BCUT2D eigenvalue weighted by molar-refractivity contribution is 5.47. The first kappa shape index (κ1) is 9.31. The number of hydrogen-bond donors (Lipinski definition) is 2. The van der Waals surface area contributed by atoms with Crippen LogP contribution in [0.4, 0.5) is 11.4 Å². The van der Waals surface area contributed by atoms with Crippen molar-refractivity contribution in [1.29, 1.82) is 5.26 Å². The van der Waals surface area contributed by atoms with Crippen molar-refractivity contribution in [3.05, 3.63) is 24.3 Å². The molecule has 11 heavy (non-hydrogen) atoms. The van der Waals surface area contributed by atoms with E-state index in [1.165, 1.54) is 6.92 Å². The number of nitrogens with two attached hydrogens (primary N) is 2. The van der Waals surface area contributed by atoms with Gasteiger partial charge in [-0.15, -0.1) is 0 Å². The Bertz CT molecular complexity index is 212. The molecule has 58 valence electrons. The fourth-order valence-electron chi connectivity index (χ4n) is 0.496. The van der Waals surface area contributed by atoms with Crippen LogP contribution in [0.25, 0.3) is 0 Å². The second kappa shape index (κ2) is 5.12. The highest BCUT2D eigenvalue weighted by Crippen LogP contribution is 2.04. The van der Waals surface area contributed by atoms with Crippen LogP contribution >= 0.6 is 0 Å². The maximum Gasteiger partial charge on any atom is 0.0587 e. The van der Waals surface area contributed by atoms with Gasteiger partial charge in [0.2, 0.25) is 0 Å². The van der Waals surface area contributed by atoms with Crippen LogP contribution in [0.5, 0.6) is 0 Å². The molecule has 0 saturated heterocycles. The lowest BCUT2D eigenvalue weighted by Gasteiger charge is -1.90. The molecule has 1 rings (SSSR count). The third-order valence-corrected chi connectivity index (χ3v) is 0.936. The van der Waals surface area contributed by atoms with Crippen molar-refractivity contribution >= 4 is 11.4 Å². The molecule has 3 heteroatoms. The van der Waals surface area contributed by atoms with E-state index in [2.05, 4.69) is 0 Å². The SMILES string of the molecule is CC#N.Nc1ccc(N)cc1. The average molecular weight is 149 g/mol. The second-order valence-electron chi connectivity index (χ2n) is 1.89. The van der Waals surface area contributed by atoms with Gasteiger partial charge in [-0.25, -0.2) is 0 Å². The number of nitrogen functional groups attached to an aromatic ring is 2. The minimum Gasteiger partial charge on any atom is -0.399 e. The van der Waals surface area contributed by atoms with Crippen LogP contribution in [0, 0.1) is 11.3 Å². The van der Waals surface area contributed by atoms with E-state index in [1.807, 2.05) is 0 Å². The predicted octanol–water partition coefficient (Wildman–Crippen LogP) is 1.38. The fraction of sp³-hybridized carbons (Fsp3) is 0.125. The van der Waals surface area contributed by atoms with Gasteiger partial charge in [-0.05, 0) is 24.3 Å². The first-order chi connectivity index (χ1) is 5.20. The Morgan fingerprint density at radius 1 is 1.09 bits per heavy atom. The lowest BCUT2D eigenvalue weighted by Crippen LogP contribution is -1.86. The molecule has 1 aromatic carbocycles. The summed E-state index contributed by atoms with van der Waals surface area (Å²) in [6, 6.07) is 8.84. The Hall–Kier alpha value is -1.69. The molecular formula is C8H11N3. The molecule has 1 aromatic rings. The molecule has 0 aliphatic heterocycles. The van der Waals surface area contributed by atoms with Crippen LogP contribution in [0.1, 0.15) is 6.92 Å². The minimum atomic E-state index is 0.749.